The standard InChI is InChI=1S/C17H20N4O4/c1-4-25-16(23)13-10(2)14(18-11(13)3)19-17(24)21-20-15(22)12-8-6-5-7-9-12/h5-9,18H,4H2,1-3H3,(H,20,22)(H2,19,21,24). The van der Waals surface area contributed by atoms with Crippen molar-refractivity contribution >= 4 is 23.7 Å². The van der Waals surface area contributed by atoms with Crippen LogP contribution in [0, 0.1) is 13.8 Å². The highest BCUT2D eigenvalue weighted by Crippen LogP contribution is 2.22. The van der Waals surface area contributed by atoms with E-state index in [0.29, 0.717) is 28.2 Å². The average molecular weight is 344 g/mol. The van der Waals surface area contributed by atoms with E-state index in [2.05, 4.69) is 21.2 Å². The molecule has 0 aliphatic carbocycles. The molecule has 0 saturated carbocycles. The van der Waals surface area contributed by atoms with Crippen LogP contribution in [0.15, 0.2) is 30.3 Å². The molecule has 2 aromatic rings. The number of aryl methyl sites for hydroxylation is 1. The largest absolute Gasteiger partial charge is 0.462 e. The molecule has 0 bridgehead atoms. The van der Waals surface area contributed by atoms with Gasteiger partial charge < -0.3 is 9.72 Å². The van der Waals surface area contributed by atoms with Crippen molar-refractivity contribution in [2.45, 2.75) is 20.8 Å². The lowest BCUT2D eigenvalue weighted by molar-refractivity contribution is 0.0525. The Morgan fingerprint density at radius 2 is 1.76 bits per heavy atom. The zero-order chi connectivity index (χ0) is 18.4. The lowest BCUT2D eigenvalue weighted by Gasteiger charge is -2.09. The first kappa shape index (κ1) is 18.1. The van der Waals surface area contributed by atoms with E-state index in [0.717, 1.165) is 0 Å². The number of aromatic nitrogens is 1. The van der Waals surface area contributed by atoms with E-state index in [1.165, 1.54) is 0 Å². The van der Waals surface area contributed by atoms with Crippen molar-refractivity contribution in [3.05, 3.63) is 52.7 Å². The Hall–Kier alpha value is -3.29. The van der Waals surface area contributed by atoms with Crippen molar-refractivity contribution < 1.29 is 19.1 Å². The molecule has 0 unspecified atom stereocenters. The lowest BCUT2D eigenvalue weighted by atomic mass is 10.1. The third-order valence-electron chi connectivity index (χ3n) is 3.48. The molecule has 0 aliphatic heterocycles. The number of H-pyrrole nitrogens is 1. The number of amides is 3. The number of hydrogen-bond acceptors (Lipinski definition) is 4. The number of carbonyl (C=O) groups is 3. The normalized spacial score (nSPS) is 10.0. The number of rotatable bonds is 4. The van der Waals surface area contributed by atoms with Crippen LogP contribution in [0.5, 0.6) is 0 Å². The van der Waals surface area contributed by atoms with Gasteiger partial charge in [-0.05, 0) is 32.9 Å². The Labute approximate surface area is 144 Å². The highest BCUT2D eigenvalue weighted by atomic mass is 16.5. The Balaban J connectivity index is 1.98. The summed E-state index contributed by atoms with van der Waals surface area (Å²) in [5.74, 6) is -0.547. The summed E-state index contributed by atoms with van der Waals surface area (Å²) in [6.07, 6.45) is 0. The second kappa shape index (κ2) is 8.00. The number of hydrazine groups is 1. The topological polar surface area (TPSA) is 112 Å². The molecule has 0 aliphatic rings. The lowest BCUT2D eigenvalue weighted by Crippen LogP contribution is -2.44. The highest BCUT2D eigenvalue weighted by molar-refractivity contribution is 5.99. The summed E-state index contributed by atoms with van der Waals surface area (Å²) in [5, 5.41) is 2.55. The van der Waals surface area contributed by atoms with E-state index < -0.39 is 17.9 Å². The number of ether oxygens (including phenoxy) is 1. The maximum absolute atomic E-state index is 11.9. The van der Waals surface area contributed by atoms with Gasteiger partial charge in [0.15, 0.2) is 0 Å². The van der Waals surface area contributed by atoms with Gasteiger partial charge in [0.1, 0.15) is 5.82 Å². The Morgan fingerprint density at radius 1 is 1.08 bits per heavy atom. The maximum Gasteiger partial charge on any atom is 0.340 e. The predicted molar refractivity (Wildman–Crippen MR) is 92.3 cm³/mol. The molecule has 0 spiro atoms. The van der Waals surface area contributed by atoms with Crippen LogP contribution in [0.25, 0.3) is 0 Å². The van der Waals surface area contributed by atoms with Crippen LogP contribution in [0.3, 0.4) is 0 Å². The van der Waals surface area contributed by atoms with Crippen molar-refractivity contribution in [1.29, 1.82) is 0 Å². The van der Waals surface area contributed by atoms with Gasteiger partial charge in [0, 0.05) is 16.8 Å². The Morgan fingerprint density at radius 3 is 2.40 bits per heavy atom. The summed E-state index contributed by atoms with van der Waals surface area (Å²) < 4.78 is 4.99. The minimum atomic E-state index is -0.649. The number of anilines is 1. The fraction of sp³-hybridized carbons (Fsp3) is 0.235. The highest BCUT2D eigenvalue weighted by Gasteiger charge is 2.20. The molecule has 0 atom stereocenters. The molecule has 0 fully saturated rings. The molecule has 1 heterocycles. The van der Waals surface area contributed by atoms with E-state index >= 15 is 0 Å². The van der Waals surface area contributed by atoms with Gasteiger partial charge in [-0.2, -0.15) is 0 Å². The zero-order valence-corrected chi connectivity index (χ0v) is 14.2. The van der Waals surface area contributed by atoms with Crippen molar-refractivity contribution in [2.75, 3.05) is 11.9 Å². The number of benzene rings is 1. The van der Waals surface area contributed by atoms with Crippen LogP contribution in [-0.2, 0) is 4.74 Å². The number of esters is 1. The van der Waals surface area contributed by atoms with Crippen molar-refractivity contribution in [2.24, 2.45) is 0 Å². The van der Waals surface area contributed by atoms with Crippen LogP contribution in [0.2, 0.25) is 0 Å². The molecular formula is C17H20N4O4. The molecule has 2 rings (SSSR count). The second-order valence-corrected chi connectivity index (χ2v) is 5.24. The predicted octanol–water partition coefficient (Wildman–Crippen LogP) is 2.27. The fourth-order valence-corrected chi connectivity index (χ4v) is 2.30. The second-order valence-electron chi connectivity index (χ2n) is 5.24. The van der Waals surface area contributed by atoms with Crippen LogP contribution < -0.4 is 16.2 Å². The monoisotopic (exact) mass is 344 g/mol. The van der Waals surface area contributed by atoms with Gasteiger partial charge in [-0.1, -0.05) is 18.2 Å². The third-order valence-corrected chi connectivity index (χ3v) is 3.48. The Bertz CT molecular complexity index is 783. The summed E-state index contributed by atoms with van der Waals surface area (Å²) in [6, 6.07) is 7.82. The van der Waals surface area contributed by atoms with Crippen LogP contribution in [0.4, 0.5) is 10.6 Å². The number of urea groups is 1. The van der Waals surface area contributed by atoms with Gasteiger partial charge in [-0.3, -0.25) is 15.5 Å². The zero-order valence-electron chi connectivity index (χ0n) is 14.2. The quantitative estimate of drug-likeness (QED) is 0.503. The average Bonchev–Trinajstić information content (AvgIpc) is 2.87. The maximum atomic E-state index is 11.9. The van der Waals surface area contributed by atoms with Crippen molar-refractivity contribution in [3.8, 4) is 0 Å². The van der Waals surface area contributed by atoms with Gasteiger partial charge >= 0.3 is 12.0 Å². The minimum absolute atomic E-state index is 0.262. The number of hydrogen-bond donors (Lipinski definition) is 4. The van der Waals surface area contributed by atoms with E-state index in [1.807, 2.05) is 0 Å². The molecule has 0 radical (unpaired) electrons. The van der Waals surface area contributed by atoms with E-state index in [1.54, 1.807) is 51.1 Å². The van der Waals surface area contributed by atoms with Crippen molar-refractivity contribution in [3.63, 3.8) is 0 Å². The van der Waals surface area contributed by atoms with E-state index in [-0.39, 0.29) is 6.61 Å². The van der Waals surface area contributed by atoms with Gasteiger partial charge in [0.2, 0.25) is 0 Å². The third kappa shape index (κ3) is 4.37. The van der Waals surface area contributed by atoms with Crippen molar-refractivity contribution in [1.82, 2.24) is 15.8 Å². The molecule has 132 valence electrons. The first-order valence-corrected chi connectivity index (χ1v) is 7.72. The molecule has 3 amide bonds. The molecule has 4 N–H and O–H groups in total. The van der Waals surface area contributed by atoms with Crippen LogP contribution in [-0.4, -0.2) is 29.5 Å². The molecule has 8 heteroatoms. The molecule has 1 aromatic carbocycles. The van der Waals surface area contributed by atoms with Gasteiger partial charge in [0.05, 0.1) is 12.2 Å². The summed E-state index contributed by atoms with van der Waals surface area (Å²) >= 11 is 0. The van der Waals surface area contributed by atoms with Gasteiger partial charge in [-0.15, -0.1) is 0 Å². The minimum Gasteiger partial charge on any atom is -0.462 e. The molecule has 8 nitrogen and oxygen atoms in total. The van der Waals surface area contributed by atoms with Crippen LogP contribution in [0.1, 0.15) is 38.9 Å². The molecule has 0 saturated heterocycles. The smallest absolute Gasteiger partial charge is 0.340 e. The number of nitrogens with one attached hydrogen (secondary N) is 4. The van der Waals surface area contributed by atoms with Gasteiger partial charge in [0.25, 0.3) is 5.91 Å². The Kier molecular flexibility index (Phi) is 5.78. The van der Waals surface area contributed by atoms with E-state index in [9.17, 15) is 14.4 Å². The fourth-order valence-electron chi connectivity index (χ4n) is 2.30. The first-order valence-electron chi connectivity index (χ1n) is 7.72. The molecule has 1 aromatic heterocycles. The first-order chi connectivity index (χ1) is 11.9. The molecular weight excluding hydrogens is 324 g/mol. The summed E-state index contributed by atoms with van der Waals surface area (Å²) in [5.41, 5.74) is 6.49. The van der Waals surface area contributed by atoms with Crippen LogP contribution >= 0.6 is 0 Å². The van der Waals surface area contributed by atoms with E-state index in [4.69, 9.17) is 4.74 Å². The number of aromatic amines is 1. The summed E-state index contributed by atoms with van der Waals surface area (Å²) in [4.78, 5) is 38.7. The van der Waals surface area contributed by atoms with Gasteiger partial charge in [-0.25, -0.2) is 15.0 Å². The summed E-state index contributed by atoms with van der Waals surface area (Å²) in [7, 11) is 0. The summed E-state index contributed by atoms with van der Waals surface area (Å²) in [6.45, 7) is 5.38. The number of carbonyl (C=O) groups excluding carboxylic acids is 3. The SMILES string of the molecule is CCOC(=O)c1c(C)[nH]c(NC(=O)NNC(=O)c2ccccc2)c1C. The molecule has 25 heavy (non-hydrogen) atoms.